The molecule has 0 spiro atoms. The van der Waals surface area contributed by atoms with Crippen LogP contribution in [0.1, 0.15) is 61.0 Å². The minimum atomic E-state index is -0.847. The van der Waals surface area contributed by atoms with E-state index in [1.165, 1.54) is 6.20 Å². The SMILES string of the molecule is C=CNC(=O)C(CCC)N(C=O)C(=O)c1cc(C(C)C)ccc1C. The molecule has 0 heterocycles. The summed E-state index contributed by atoms with van der Waals surface area (Å²) in [4.78, 5) is 37.6. The van der Waals surface area contributed by atoms with E-state index >= 15 is 0 Å². The fourth-order valence-corrected chi connectivity index (χ4v) is 2.50. The Morgan fingerprint density at radius 2 is 2.00 bits per heavy atom. The molecule has 0 saturated heterocycles. The van der Waals surface area contributed by atoms with Crippen molar-refractivity contribution in [2.45, 2.75) is 52.5 Å². The molecule has 1 N–H and O–H groups in total. The Labute approximate surface area is 143 Å². The number of aryl methyl sites for hydroxylation is 1. The number of rotatable bonds is 8. The zero-order valence-electron chi connectivity index (χ0n) is 14.8. The summed E-state index contributed by atoms with van der Waals surface area (Å²) in [5.41, 5.74) is 2.23. The quantitative estimate of drug-likeness (QED) is 0.745. The van der Waals surface area contributed by atoms with Crippen LogP contribution in [0.3, 0.4) is 0 Å². The largest absolute Gasteiger partial charge is 0.331 e. The van der Waals surface area contributed by atoms with Gasteiger partial charge in [-0.25, -0.2) is 0 Å². The van der Waals surface area contributed by atoms with Crippen LogP contribution in [0.5, 0.6) is 0 Å². The maximum atomic E-state index is 12.9. The molecule has 0 radical (unpaired) electrons. The number of amides is 3. The Morgan fingerprint density at radius 1 is 1.33 bits per heavy atom. The molecule has 1 aromatic rings. The molecule has 1 rings (SSSR count). The van der Waals surface area contributed by atoms with Gasteiger partial charge in [0.2, 0.25) is 12.3 Å². The minimum absolute atomic E-state index is 0.261. The Hall–Kier alpha value is -2.43. The molecule has 5 heteroatoms. The van der Waals surface area contributed by atoms with Crippen molar-refractivity contribution in [3.63, 3.8) is 0 Å². The molecule has 130 valence electrons. The van der Waals surface area contributed by atoms with Crippen molar-refractivity contribution in [3.05, 3.63) is 47.7 Å². The molecule has 3 amide bonds. The third kappa shape index (κ3) is 4.54. The summed E-state index contributed by atoms with van der Waals surface area (Å²) >= 11 is 0. The first-order valence-electron chi connectivity index (χ1n) is 8.17. The van der Waals surface area contributed by atoms with E-state index in [0.29, 0.717) is 24.8 Å². The monoisotopic (exact) mass is 330 g/mol. The van der Waals surface area contributed by atoms with Crippen LogP contribution < -0.4 is 5.32 Å². The number of nitrogens with zero attached hydrogens (tertiary/aromatic N) is 1. The molecule has 24 heavy (non-hydrogen) atoms. The van der Waals surface area contributed by atoms with Crippen LogP contribution in [0.25, 0.3) is 0 Å². The lowest BCUT2D eigenvalue weighted by molar-refractivity contribution is -0.130. The number of hydrogen-bond acceptors (Lipinski definition) is 3. The van der Waals surface area contributed by atoms with E-state index in [2.05, 4.69) is 11.9 Å². The lowest BCUT2D eigenvalue weighted by atomic mass is 9.96. The Balaban J connectivity index is 3.25. The highest BCUT2D eigenvalue weighted by Crippen LogP contribution is 2.21. The van der Waals surface area contributed by atoms with Crippen molar-refractivity contribution in [3.8, 4) is 0 Å². The Bertz CT molecular complexity index is 623. The molecule has 0 bridgehead atoms. The van der Waals surface area contributed by atoms with E-state index in [-0.39, 0.29) is 5.92 Å². The van der Waals surface area contributed by atoms with Crippen LogP contribution >= 0.6 is 0 Å². The summed E-state index contributed by atoms with van der Waals surface area (Å²) in [7, 11) is 0. The average molecular weight is 330 g/mol. The molecule has 1 unspecified atom stereocenters. The van der Waals surface area contributed by atoms with Gasteiger partial charge in [-0.3, -0.25) is 19.3 Å². The second kappa shape index (κ2) is 9.01. The molecule has 0 aliphatic carbocycles. The molecule has 0 aromatic heterocycles. The van der Waals surface area contributed by atoms with Gasteiger partial charge in [-0.15, -0.1) is 0 Å². The van der Waals surface area contributed by atoms with Crippen molar-refractivity contribution in [2.24, 2.45) is 0 Å². The molecule has 0 saturated carbocycles. The van der Waals surface area contributed by atoms with E-state index in [1.807, 2.05) is 39.8 Å². The third-order valence-corrected chi connectivity index (χ3v) is 3.95. The molecule has 1 atom stereocenters. The number of carbonyl (C=O) groups is 3. The predicted molar refractivity (Wildman–Crippen MR) is 94.5 cm³/mol. The Morgan fingerprint density at radius 3 is 2.50 bits per heavy atom. The fraction of sp³-hybridized carbons (Fsp3) is 0.421. The van der Waals surface area contributed by atoms with Crippen LogP contribution in [-0.4, -0.2) is 29.2 Å². The number of nitrogens with one attached hydrogen (secondary N) is 1. The normalized spacial score (nSPS) is 11.7. The van der Waals surface area contributed by atoms with Crippen LogP contribution in [0.15, 0.2) is 31.0 Å². The van der Waals surface area contributed by atoms with E-state index in [4.69, 9.17) is 0 Å². The van der Waals surface area contributed by atoms with Crippen molar-refractivity contribution < 1.29 is 14.4 Å². The standard InChI is InChI=1S/C19H26N2O3/c1-6-8-17(18(23)20-7-2)21(12-22)19(24)16-11-15(13(3)4)10-9-14(16)5/h7,9-13,17H,2,6,8H2,1,3-5H3,(H,20,23). The fourth-order valence-electron chi connectivity index (χ4n) is 2.50. The van der Waals surface area contributed by atoms with Crippen LogP contribution in [0.2, 0.25) is 0 Å². The average Bonchev–Trinajstić information content (AvgIpc) is 2.54. The summed E-state index contributed by atoms with van der Waals surface area (Å²) in [5, 5.41) is 2.47. The topological polar surface area (TPSA) is 66.5 Å². The van der Waals surface area contributed by atoms with Gasteiger partial charge < -0.3 is 5.32 Å². The zero-order chi connectivity index (χ0) is 18.3. The zero-order valence-corrected chi connectivity index (χ0v) is 14.8. The maximum absolute atomic E-state index is 12.9. The lowest BCUT2D eigenvalue weighted by Crippen LogP contribution is -2.48. The van der Waals surface area contributed by atoms with Gasteiger partial charge in [-0.1, -0.05) is 45.9 Å². The number of imide groups is 1. The van der Waals surface area contributed by atoms with Gasteiger partial charge in [-0.05, 0) is 42.7 Å². The van der Waals surface area contributed by atoms with Crippen molar-refractivity contribution in [1.82, 2.24) is 10.2 Å². The second-order valence-corrected chi connectivity index (χ2v) is 6.06. The molecule has 0 fully saturated rings. The Kier molecular flexibility index (Phi) is 7.36. The first-order valence-corrected chi connectivity index (χ1v) is 8.17. The van der Waals surface area contributed by atoms with Gasteiger partial charge in [0, 0.05) is 5.56 Å². The minimum Gasteiger partial charge on any atom is -0.331 e. The number of carbonyl (C=O) groups excluding carboxylic acids is 3. The van der Waals surface area contributed by atoms with Gasteiger partial charge in [0.1, 0.15) is 6.04 Å². The first kappa shape index (κ1) is 19.6. The molecule has 0 aliphatic rings. The highest BCUT2D eigenvalue weighted by atomic mass is 16.2. The van der Waals surface area contributed by atoms with Crippen molar-refractivity contribution in [2.75, 3.05) is 0 Å². The number of hydrogen-bond donors (Lipinski definition) is 1. The summed E-state index contributed by atoms with van der Waals surface area (Å²) in [5.74, 6) is -0.607. The van der Waals surface area contributed by atoms with Gasteiger partial charge >= 0.3 is 0 Å². The van der Waals surface area contributed by atoms with Crippen LogP contribution in [0, 0.1) is 6.92 Å². The predicted octanol–water partition coefficient (Wildman–Crippen LogP) is 3.15. The van der Waals surface area contributed by atoms with E-state index in [0.717, 1.165) is 16.0 Å². The summed E-state index contributed by atoms with van der Waals surface area (Å²) in [6.45, 7) is 11.2. The van der Waals surface area contributed by atoms with Crippen LogP contribution in [0.4, 0.5) is 0 Å². The summed E-state index contributed by atoms with van der Waals surface area (Å²) in [6, 6.07) is 4.79. The van der Waals surface area contributed by atoms with Gasteiger partial charge in [0.15, 0.2) is 0 Å². The van der Waals surface area contributed by atoms with E-state index in [1.54, 1.807) is 6.07 Å². The first-order chi connectivity index (χ1) is 11.4. The van der Waals surface area contributed by atoms with Gasteiger partial charge in [0.25, 0.3) is 5.91 Å². The highest BCUT2D eigenvalue weighted by molar-refractivity contribution is 6.04. The highest BCUT2D eigenvalue weighted by Gasteiger charge is 2.30. The van der Waals surface area contributed by atoms with Crippen molar-refractivity contribution in [1.29, 1.82) is 0 Å². The second-order valence-electron chi connectivity index (χ2n) is 6.06. The van der Waals surface area contributed by atoms with Gasteiger partial charge in [-0.2, -0.15) is 0 Å². The van der Waals surface area contributed by atoms with E-state index < -0.39 is 17.9 Å². The smallest absolute Gasteiger partial charge is 0.261 e. The molecule has 5 nitrogen and oxygen atoms in total. The molecular formula is C19H26N2O3. The van der Waals surface area contributed by atoms with E-state index in [9.17, 15) is 14.4 Å². The summed E-state index contributed by atoms with van der Waals surface area (Å²) in [6.07, 6.45) is 2.75. The van der Waals surface area contributed by atoms with Gasteiger partial charge in [0.05, 0.1) is 0 Å². The lowest BCUT2D eigenvalue weighted by Gasteiger charge is -2.26. The maximum Gasteiger partial charge on any atom is 0.261 e. The number of benzene rings is 1. The molecule has 0 aliphatic heterocycles. The van der Waals surface area contributed by atoms with Crippen molar-refractivity contribution >= 4 is 18.2 Å². The third-order valence-electron chi connectivity index (χ3n) is 3.95. The molecule has 1 aromatic carbocycles. The van der Waals surface area contributed by atoms with Crippen LogP contribution in [-0.2, 0) is 9.59 Å². The molecular weight excluding hydrogens is 304 g/mol. The summed E-state index contributed by atoms with van der Waals surface area (Å²) < 4.78 is 0.